The van der Waals surface area contributed by atoms with Crippen molar-refractivity contribution in [3.8, 4) is 11.3 Å². The molecule has 31 heavy (non-hydrogen) atoms. The van der Waals surface area contributed by atoms with Crippen molar-refractivity contribution in [3.63, 3.8) is 0 Å². The number of halogens is 2. The molecule has 0 spiro atoms. The minimum atomic E-state index is -0.237. The third kappa shape index (κ3) is 4.65. The van der Waals surface area contributed by atoms with E-state index in [1.807, 2.05) is 6.07 Å². The number of likely N-dealkylation sites (tertiary alicyclic amines) is 1. The molecule has 6 nitrogen and oxygen atoms in total. The number of carbonyl (C=O) groups excluding carboxylic acids is 1. The van der Waals surface area contributed by atoms with Gasteiger partial charge in [-0.3, -0.25) is 4.79 Å². The first kappa shape index (κ1) is 22.3. The molecule has 3 heterocycles. The number of nitrogen functional groups attached to an aromatic ring is 1. The lowest BCUT2D eigenvalue weighted by molar-refractivity contribution is 0.102. The van der Waals surface area contributed by atoms with Crippen LogP contribution >= 0.6 is 34.5 Å². The van der Waals surface area contributed by atoms with Gasteiger partial charge in [0.15, 0.2) is 5.78 Å². The molecular formula is C22H25Cl2N5OS. The van der Waals surface area contributed by atoms with E-state index in [-0.39, 0.29) is 11.3 Å². The highest BCUT2D eigenvalue weighted by Gasteiger charge is 2.26. The maximum atomic E-state index is 12.1. The second kappa shape index (κ2) is 8.54. The molecular weight excluding hydrogens is 453 g/mol. The summed E-state index contributed by atoms with van der Waals surface area (Å²) in [4.78, 5) is 25.2. The fraction of sp³-hybridized carbons (Fsp3) is 0.409. The fourth-order valence-corrected chi connectivity index (χ4v) is 5.32. The van der Waals surface area contributed by atoms with Crippen LogP contribution in [0.5, 0.6) is 0 Å². The average Bonchev–Trinajstić information content (AvgIpc) is 3.30. The number of fused-ring (bicyclic) bond motifs is 1. The number of hydrogen-bond donors (Lipinski definition) is 2. The van der Waals surface area contributed by atoms with Crippen LogP contribution in [-0.2, 0) is 0 Å². The van der Waals surface area contributed by atoms with Gasteiger partial charge in [-0.2, -0.15) is 0 Å². The Bertz CT molecular complexity index is 1150. The van der Waals surface area contributed by atoms with E-state index in [9.17, 15) is 4.79 Å². The number of nitrogens with two attached hydrogens (primary N) is 1. The molecule has 2 aromatic heterocycles. The highest BCUT2D eigenvalue weighted by molar-refractivity contribution is 7.21. The van der Waals surface area contributed by atoms with Gasteiger partial charge in [-0.1, -0.05) is 29.3 Å². The van der Waals surface area contributed by atoms with Gasteiger partial charge in [0.1, 0.15) is 4.83 Å². The summed E-state index contributed by atoms with van der Waals surface area (Å²) in [5, 5.41) is 5.04. The summed E-state index contributed by atoms with van der Waals surface area (Å²) >= 11 is 13.7. The largest absolute Gasteiger partial charge is 0.397 e. The second-order valence-electron chi connectivity index (χ2n) is 8.60. The quantitative estimate of drug-likeness (QED) is 0.440. The Morgan fingerprint density at radius 2 is 1.94 bits per heavy atom. The van der Waals surface area contributed by atoms with Gasteiger partial charge in [0, 0.05) is 24.6 Å². The standard InChI is InChI=1S/C22H25Cl2N5OS/c1-12(30)19-17(25)16-18(13-6-7-14(23)15(24)10-13)26-21(27-20(16)31-19)28-22(2,3)11-29-8-4-5-9-29/h6-7,10H,4-5,8-9,11,25H2,1-3H3,(H,26,27,28). The number of aromatic nitrogens is 2. The zero-order valence-electron chi connectivity index (χ0n) is 17.8. The molecule has 3 aromatic rings. The zero-order valence-corrected chi connectivity index (χ0v) is 20.1. The maximum Gasteiger partial charge on any atom is 0.225 e. The van der Waals surface area contributed by atoms with Crippen LogP contribution < -0.4 is 11.1 Å². The van der Waals surface area contributed by atoms with Crippen molar-refractivity contribution in [2.24, 2.45) is 0 Å². The number of thiophene rings is 1. The van der Waals surface area contributed by atoms with E-state index in [0.29, 0.717) is 42.5 Å². The summed E-state index contributed by atoms with van der Waals surface area (Å²) in [6, 6.07) is 5.33. The van der Waals surface area contributed by atoms with Crippen molar-refractivity contribution >= 4 is 62.2 Å². The normalized spacial score (nSPS) is 15.0. The molecule has 4 rings (SSSR count). The van der Waals surface area contributed by atoms with E-state index in [4.69, 9.17) is 38.9 Å². The molecule has 1 saturated heterocycles. The summed E-state index contributed by atoms with van der Waals surface area (Å²) in [7, 11) is 0. The first-order valence-corrected chi connectivity index (χ1v) is 11.8. The van der Waals surface area contributed by atoms with Crippen molar-refractivity contribution in [2.75, 3.05) is 30.7 Å². The van der Waals surface area contributed by atoms with E-state index >= 15 is 0 Å². The van der Waals surface area contributed by atoms with E-state index < -0.39 is 0 Å². The monoisotopic (exact) mass is 477 g/mol. The number of nitrogens with one attached hydrogen (secondary N) is 1. The van der Waals surface area contributed by atoms with Crippen LogP contribution in [0.25, 0.3) is 21.5 Å². The van der Waals surface area contributed by atoms with Crippen molar-refractivity contribution in [1.82, 2.24) is 14.9 Å². The summed E-state index contributed by atoms with van der Waals surface area (Å²) in [5.41, 5.74) is 7.91. The van der Waals surface area contributed by atoms with Crippen molar-refractivity contribution in [3.05, 3.63) is 33.1 Å². The Labute approximate surface area is 195 Å². The number of rotatable bonds is 6. The van der Waals surface area contributed by atoms with Gasteiger partial charge in [-0.15, -0.1) is 11.3 Å². The minimum Gasteiger partial charge on any atom is -0.397 e. The molecule has 1 aliphatic heterocycles. The molecule has 0 unspecified atom stereocenters. The Kier molecular flexibility index (Phi) is 6.14. The highest BCUT2D eigenvalue weighted by atomic mass is 35.5. The van der Waals surface area contributed by atoms with Crippen LogP contribution in [0.4, 0.5) is 11.6 Å². The first-order chi connectivity index (χ1) is 14.6. The highest BCUT2D eigenvalue weighted by Crippen LogP contribution is 2.40. The van der Waals surface area contributed by atoms with Gasteiger partial charge in [0.05, 0.1) is 31.7 Å². The topological polar surface area (TPSA) is 84.1 Å². The van der Waals surface area contributed by atoms with E-state index in [1.54, 1.807) is 12.1 Å². The summed E-state index contributed by atoms with van der Waals surface area (Å²) in [6.07, 6.45) is 2.48. The van der Waals surface area contributed by atoms with E-state index in [2.05, 4.69) is 24.1 Å². The summed E-state index contributed by atoms with van der Waals surface area (Å²) in [5.74, 6) is 0.401. The number of benzene rings is 1. The lowest BCUT2D eigenvalue weighted by Crippen LogP contribution is -2.43. The van der Waals surface area contributed by atoms with Gasteiger partial charge in [0.2, 0.25) is 5.95 Å². The average molecular weight is 478 g/mol. The lowest BCUT2D eigenvalue weighted by Gasteiger charge is -2.31. The molecule has 0 saturated carbocycles. The molecule has 9 heteroatoms. The molecule has 164 valence electrons. The summed E-state index contributed by atoms with van der Waals surface area (Å²) in [6.45, 7) is 8.91. The minimum absolute atomic E-state index is 0.0931. The molecule has 0 radical (unpaired) electrons. The molecule has 0 aliphatic carbocycles. The van der Waals surface area contributed by atoms with Crippen LogP contribution in [-0.4, -0.2) is 45.8 Å². The fourth-order valence-electron chi connectivity index (χ4n) is 4.03. The summed E-state index contributed by atoms with van der Waals surface area (Å²) < 4.78 is 0. The molecule has 3 N–H and O–H groups in total. The van der Waals surface area contributed by atoms with Crippen molar-refractivity contribution in [1.29, 1.82) is 0 Å². The van der Waals surface area contributed by atoms with E-state index in [1.165, 1.54) is 31.1 Å². The van der Waals surface area contributed by atoms with E-state index in [0.717, 1.165) is 25.2 Å². The molecule has 0 bridgehead atoms. The van der Waals surface area contributed by atoms with Gasteiger partial charge in [0.25, 0.3) is 0 Å². The van der Waals surface area contributed by atoms with Crippen molar-refractivity contribution in [2.45, 2.75) is 39.2 Å². The SMILES string of the molecule is CC(=O)c1sc2nc(NC(C)(C)CN3CCCC3)nc(-c3ccc(Cl)c(Cl)c3)c2c1N. The van der Waals surface area contributed by atoms with Crippen LogP contribution in [0.2, 0.25) is 10.0 Å². The third-order valence-electron chi connectivity index (χ3n) is 5.37. The number of anilines is 2. The molecule has 0 amide bonds. The number of hydrogen-bond acceptors (Lipinski definition) is 7. The van der Waals surface area contributed by atoms with Crippen LogP contribution in [0.1, 0.15) is 43.3 Å². The predicted molar refractivity (Wildman–Crippen MR) is 131 cm³/mol. The van der Waals surface area contributed by atoms with Crippen LogP contribution in [0.3, 0.4) is 0 Å². The second-order valence-corrected chi connectivity index (χ2v) is 10.4. The molecule has 0 atom stereocenters. The zero-order chi connectivity index (χ0) is 22.3. The smallest absolute Gasteiger partial charge is 0.225 e. The molecule has 1 aromatic carbocycles. The van der Waals surface area contributed by atoms with Gasteiger partial charge in [-0.05, 0) is 51.9 Å². The lowest BCUT2D eigenvalue weighted by atomic mass is 10.1. The molecule has 1 aliphatic rings. The van der Waals surface area contributed by atoms with Crippen LogP contribution in [0, 0.1) is 0 Å². The van der Waals surface area contributed by atoms with Gasteiger partial charge >= 0.3 is 0 Å². The third-order valence-corrected chi connectivity index (χ3v) is 7.31. The number of nitrogens with zero attached hydrogens (tertiary/aromatic N) is 3. The Hall–Kier alpha value is -1.93. The Morgan fingerprint density at radius 1 is 1.23 bits per heavy atom. The number of ketones is 1. The Morgan fingerprint density at radius 3 is 2.58 bits per heavy atom. The van der Waals surface area contributed by atoms with Crippen LogP contribution in [0.15, 0.2) is 18.2 Å². The van der Waals surface area contributed by atoms with Gasteiger partial charge in [-0.25, -0.2) is 9.97 Å². The maximum absolute atomic E-state index is 12.1. The molecule has 1 fully saturated rings. The number of carbonyl (C=O) groups is 1. The van der Waals surface area contributed by atoms with Gasteiger partial charge < -0.3 is 16.0 Å². The first-order valence-electron chi connectivity index (χ1n) is 10.2. The predicted octanol–water partition coefficient (Wildman–Crippen LogP) is 5.74. The number of Topliss-reactive ketones (excluding diaryl/α,β-unsaturated/α-hetero) is 1. The van der Waals surface area contributed by atoms with Crippen molar-refractivity contribution < 1.29 is 4.79 Å². The Balaban J connectivity index is 1.81.